The van der Waals surface area contributed by atoms with Gasteiger partial charge in [0.05, 0.1) is 47.0 Å². The van der Waals surface area contributed by atoms with Crippen molar-refractivity contribution < 1.29 is 0 Å². The van der Waals surface area contributed by atoms with Crippen LogP contribution in [-0.4, -0.2) is 39.7 Å². The molecule has 0 fully saturated rings. The van der Waals surface area contributed by atoms with E-state index in [0.29, 0.717) is 0 Å². The van der Waals surface area contributed by atoms with E-state index in [0.717, 1.165) is 56.0 Å². The number of aromatic amines is 2. The summed E-state index contributed by atoms with van der Waals surface area (Å²) in [5.41, 5.74) is 7.18. The highest BCUT2D eigenvalue weighted by Crippen LogP contribution is 2.32. The number of aromatic nitrogens is 8. The van der Waals surface area contributed by atoms with Gasteiger partial charge in [-0.2, -0.15) is 5.10 Å². The van der Waals surface area contributed by atoms with Crippen LogP contribution in [0.15, 0.2) is 67.6 Å². The minimum Gasteiger partial charge on any atom is -0.353 e. The highest BCUT2D eigenvalue weighted by atomic mass is 15.1. The van der Waals surface area contributed by atoms with Gasteiger partial charge in [-0.3, -0.25) is 20.1 Å². The average Bonchev–Trinajstić information content (AvgIpc) is 3.51. The predicted octanol–water partition coefficient (Wildman–Crippen LogP) is 4.06. The smallest absolute Gasteiger partial charge is 0.116 e. The van der Waals surface area contributed by atoms with Crippen LogP contribution >= 0.6 is 0 Å². The van der Waals surface area contributed by atoms with Crippen LogP contribution in [0.5, 0.6) is 0 Å². The lowest BCUT2D eigenvalue weighted by Gasteiger charge is -2.03. The first kappa shape index (κ1) is 16.6. The van der Waals surface area contributed by atoms with Gasteiger partial charge in [0.25, 0.3) is 0 Å². The van der Waals surface area contributed by atoms with Crippen molar-refractivity contribution in [2.45, 2.75) is 6.92 Å². The molecule has 5 heterocycles. The number of aryl methyl sites for hydroxylation is 1. The number of hydrogen-bond acceptors (Lipinski definition) is 5. The number of fused-ring (bicyclic) bond motifs is 2. The van der Waals surface area contributed by atoms with Gasteiger partial charge in [0, 0.05) is 34.9 Å². The molecule has 8 nitrogen and oxygen atoms in total. The zero-order valence-corrected chi connectivity index (χ0v) is 16.0. The van der Waals surface area contributed by atoms with Gasteiger partial charge in [0.15, 0.2) is 0 Å². The Morgan fingerprint density at radius 2 is 1.87 bits per heavy atom. The predicted molar refractivity (Wildman–Crippen MR) is 114 cm³/mol. The van der Waals surface area contributed by atoms with E-state index in [4.69, 9.17) is 0 Å². The number of nitrogens with one attached hydrogen (secondary N) is 2. The molecule has 0 unspecified atom stereocenters. The van der Waals surface area contributed by atoms with Crippen molar-refractivity contribution in [3.63, 3.8) is 0 Å². The van der Waals surface area contributed by atoms with Crippen molar-refractivity contribution in [3.05, 3.63) is 73.3 Å². The first-order chi connectivity index (χ1) is 14.8. The monoisotopic (exact) mass is 392 g/mol. The van der Waals surface area contributed by atoms with Gasteiger partial charge >= 0.3 is 0 Å². The quantitative estimate of drug-likeness (QED) is 0.473. The summed E-state index contributed by atoms with van der Waals surface area (Å²) in [4.78, 5) is 20.8. The number of pyridine rings is 1. The van der Waals surface area contributed by atoms with Gasteiger partial charge in [-0.25, -0.2) is 4.98 Å². The number of benzene rings is 1. The third kappa shape index (κ3) is 2.58. The Morgan fingerprint density at radius 3 is 2.70 bits per heavy atom. The molecule has 6 rings (SSSR count). The lowest BCUT2D eigenvalue weighted by molar-refractivity contribution is 1.07. The summed E-state index contributed by atoms with van der Waals surface area (Å²) in [7, 11) is 0. The maximum atomic E-state index is 4.55. The molecule has 0 spiro atoms. The Morgan fingerprint density at radius 1 is 0.900 bits per heavy atom. The van der Waals surface area contributed by atoms with E-state index in [2.05, 4.69) is 53.3 Å². The van der Waals surface area contributed by atoms with Gasteiger partial charge in [-0.05, 0) is 31.2 Å². The minimum atomic E-state index is 0.723. The SMILES string of the molecule is Cc1cn(-c2cccc3[nH]c(-c4n[nH]c5cnc(-c6cnccn6)cc45)cc23)cn1. The molecule has 0 atom stereocenters. The van der Waals surface area contributed by atoms with Gasteiger partial charge in [0.1, 0.15) is 11.4 Å². The summed E-state index contributed by atoms with van der Waals surface area (Å²) in [6.07, 6.45) is 10.6. The van der Waals surface area contributed by atoms with Crippen LogP contribution in [0.4, 0.5) is 0 Å². The number of rotatable bonds is 3. The maximum Gasteiger partial charge on any atom is 0.116 e. The molecule has 6 aromatic rings. The standard InChI is InChI=1S/C22H16N8/c1-13-11-30(12-26-13)21-4-2-3-16-14(21)7-18(27-16)22-15-8-17(20-9-23-5-6-24-20)25-10-19(15)28-29-22/h2-12,27H,1H3,(H,28,29). The first-order valence-corrected chi connectivity index (χ1v) is 9.50. The molecule has 0 saturated heterocycles. The molecule has 1 aromatic carbocycles. The molecule has 0 amide bonds. The second kappa shape index (κ2) is 6.35. The molecule has 0 aliphatic rings. The van der Waals surface area contributed by atoms with E-state index in [1.165, 1.54) is 0 Å². The van der Waals surface area contributed by atoms with Crippen LogP contribution < -0.4 is 0 Å². The summed E-state index contributed by atoms with van der Waals surface area (Å²) >= 11 is 0. The van der Waals surface area contributed by atoms with Crippen LogP contribution in [0.3, 0.4) is 0 Å². The van der Waals surface area contributed by atoms with Gasteiger partial charge in [-0.15, -0.1) is 0 Å². The zero-order valence-electron chi connectivity index (χ0n) is 16.0. The molecule has 0 saturated carbocycles. The van der Waals surface area contributed by atoms with Crippen molar-refractivity contribution >= 4 is 21.8 Å². The fraction of sp³-hybridized carbons (Fsp3) is 0.0455. The van der Waals surface area contributed by atoms with E-state index in [-0.39, 0.29) is 0 Å². The van der Waals surface area contributed by atoms with Crippen molar-refractivity contribution in [2.75, 3.05) is 0 Å². The van der Waals surface area contributed by atoms with Crippen LogP contribution in [0.25, 0.3) is 50.3 Å². The van der Waals surface area contributed by atoms with Crippen LogP contribution in [0.1, 0.15) is 5.69 Å². The Hall–Kier alpha value is -4.33. The number of hydrogen-bond donors (Lipinski definition) is 2. The van der Waals surface area contributed by atoms with Crippen LogP contribution in [-0.2, 0) is 0 Å². The van der Waals surface area contributed by atoms with E-state index in [1.54, 1.807) is 24.8 Å². The zero-order chi connectivity index (χ0) is 20.1. The Labute approximate surface area is 170 Å². The number of H-pyrrole nitrogens is 2. The fourth-order valence-corrected chi connectivity index (χ4v) is 3.74. The Balaban J connectivity index is 1.52. The molecule has 144 valence electrons. The lowest BCUT2D eigenvalue weighted by atomic mass is 10.1. The van der Waals surface area contributed by atoms with Crippen molar-refractivity contribution in [3.8, 4) is 28.5 Å². The highest BCUT2D eigenvalue weighted by Gasteiger charge is 2.15. The lowest BCUT2D eigenvalue weighted by Crippen LogP contribution is -1.89. The topological polar surface area (TPSA) is 101 Å². The third-order valence-corrected chi connectivity index (χ3v) is 5.16. The molecule has 0 bridgehead atoms. The molecule has 0 aliphatic carbocycles. The fourth-order valence-electron chi connectivity index (χ4n) is 3.74. The van der Waals surface area contributed by atoms with E-state index in [9.17, 15) is 0 Å². The van der Waals surface area contributed by atoms with E-state index >= 15 is 0 Å². The molecule has 2 N–H and O–H groups in total. The van der Waals surface area contributed by atoms with Gasteiger partial charge in [0.2, 0.25) is 0 Å². The highest BCUT2D eigenvalue weighted by molar-refractivity contribution is 5.98. The summed E-state index contributed by atoms with van der Waals surface area (Å²) in [6.45, 7) is 1.98. The molecular formula is C22H16N8. The Kier molecular flexibility index (Phi) is 3.51. The summed E-state index contributed by atoms with van der Waals surface area (Å²) in [5, 5.41) is 9.70. The normalized spacial score (nSPS) is 11.5. The minimum absolute atomic E-state index is 0.723. The molecule has 5 aromatic heterocycles. The molecule has 0 aliphatic heterocycles. The van der Waals surface area contributed by atoms with Gasteiger partial charge in [-0.1, -0.05) is 6.07 Å². The summed E-state index contributed by atoms with van der Waals surface area (Å²) in [6, 6.07) is 10.3. The van der Waals surface area contributed by atoms with Crippen LogP contribution in [0.2, 0.25) is 0 Å². The maximum absolute atomic E-state index is 4.55. The molecular weight excluding hydrogens is 376 g/mol. The van der Waals surface area contributed by atoms with Crippen molar-refractivity contribution in [1.82, 2.24) is 39.7 Å². The Bertz CT molecular complexity index is 1510. The third-order valence-electron chi connectivity index (χ3n) is 5.16. The largest absolute Gasteiger partial charge is 0.353 e. The second-order valence-corrected chi connectivity index (χ2v) is 7.12. The molecule has 0 radical (unpaired) electrons. The average molecular weight is 392 g/mol. The van der Waals surface area contributed by atoms with Crippen molar-refractivity contribution in [2.24, 2.45) is 0 Å². The number of nitrogens with zero attached hydrogens (tertiary/aromatic N) is 6. The number of imidazole rings is 1. The van der Waals surface area contributed by atoms with Crippen LogP contribution in [0, 0.1) is 6.92 Å². The van der Waals surface area contributed by atoms with Crippen molar-refractivity contribution in [1.29, 1.82) is 0 Å². The molecule has 30 heavy (non-hydrogen) atoms. The van der Waals surface area contributed by atoms with Gasteiger partial charge < -0.3 is 9.55 Å². The molecule has 8 heteroatoms. The summed E-state index contributed by atoms with van der Waals surface area (Å²) in [5.74, 6) is 0. The van der Waals surface area contributed by atoms with E-state index < -0.39 is 0 Å². The first-order valence-electron chi connectivity index (χ1n) is 9.50. The summed E-state index contributed by atoms with van der Waals surface area (Å²) < 4.78 is 2.04. The van der Waals surface area contributed by atoms with E-state index in [1.807, 2.05) is 36.1 Å². The second-order valence-electron chi connectivity index (χ2n) is 7.12.